The van der Waals surface area contributed by atoms with E-state index in [1.807, 2.05) is 16.8 Å². The molecule has 1 aliphatic carbocycles. The zero-order chi connectivity index (χ0) is 20.6. The molecule has 1 aromatic heterocycles. The van der Waals surface area contributed by atoms with Gasteiger partial charge in [0, 0.05) is 10.4 Å². The summed E-state index contributed by atoms with van der Waals surface area (Å²) < 4.78 is 13.6. The third-order valence-electron chi connectivity index (χ3n) is 5.01. The van der Waals surface area contributed by atoms with Gasteiger partial charge >= 0.3 is 12.1 Å². The lowest BCUT2D eigenvalue weighted by molar-refractivity contribution is -0.135. The zero-order valence-corrected chi connectivity index (χ0v) is 16.0. The minimum Gasteiger partial charge on any atom is -0.319 e. The first-order valence-electron chi connectivity index (χ1n) is 8.97. The molecule has 2 heterocycles. The Morgan fingerprint density at radius 2 is 2.03 bits per heavy atom. The molecule has 0 saturated carbocycles. The first-order chi connectivity index (χ1) is 13.9. The fraction of sp³-hybridized carbons (Fsp3) is 0.263. The number of anilines is 1. The first kappa shape index (κ1) is 19.1. The maximum absolute atomic E-state index is 13.6. The number of carbonyl (C=O) groups excluding carboxylic acids is 4. The molecule has 1 spiro atoms. The van der Waals surface area contributed by atoms with Gasteiger partial charge in [-0.3, -0.25) is 19.8 Å². The number of rotatable bonds is 3. The van der Waals surface area contributed by atoms with Crippen LogP contribution in [-0.2, 0) is 21.5 Å². The smallest absolute Gasteiger partial charge is 0.319 e. The SMILES string of the molecule is O=C(CN1C(=O)N[C@]2(CCCc3sccc32)C1=O)NC(=O)Nc1ccccc1F. The van der Waals surface area contributed by atoms with Gasteiger partial charge in [-0.2, -0.15) is 0 Å². The van der Waals surface area contributed by atoms with E-state index in [2.05, 4.69) is 10.6 Å². The number of nitrogens with zero attached hydrogens (tertiary/aromatic N) is 1. The lowest BCUT2D eigenvalue weighted by atomic mass is 9.80. The Morgan fingerprint density at radius 3 is 2.83 bits per heavy atom. The summed E-state index contributed by atoms with van der Waals surface area (Å²) in [6.07, 6.45) is 2.03. The van der Waals surface area contributed by atoms with Gasteiger partial charge in [0.25, 0.3) is 5.91 Å². The number of urea groups is 2. The van der Waals surface area contributed by atoms with Crippen LogP contribution in [0.15, 0.2) is 35.7 Å². The molecule has 8 nitrogen and oxygen atoms in total. The highest BCUT2D eigenvalue weighted by Gasteiger charge is 2.54. The highest BCUT2D eigenvalue weighted by atomic mass is 32.1. The highest BCUT2D eigenvalue weighted by Crippen LogP contribution is 2.41. The van der Waals surface area contributed by atoms with Crippen LogP contribution in [0.1, 0.15) is 23.3 Å². The van der Waals surface area contributed by atoms with Crippen molar-refractivity contribution in [1.29, 1.82) is 0 Å². The second-order valence-corrected chi connectivity index (χ2v) is 7.82. The van der Waals surface area contributed by atoms with Gasteiger partial charge in [0.05, 0.1) is 5.69 Å². The molecule has 1 aromatic carbocycles. The molecule has 1 aliphatic heterocycles. The minimum atomic E-state index is -1.15. The summed E-state index contributed by atoms with van der Waals surface area (Å²) in [6, 6.07) is 5.66. The Morgan fingerprint density at radius 1 is 1.24 bits per heavy atom. The van der Waals surface area contributed by atoms with Gasteiger partial charge in [-0.15, -0.1) is 11.3 Å². The van der Waals surface area contributed by atoms with Crippen LogP contribution in [0.4, 0.5) is 19.7 Å². The molecule has 2 aromatic rings. The van der Waals surface area contributed by atoms with Gasteiger partial charge in [0.1, 0.15) is 17.9 Å². The fourth-order valence-corrected chi connectivity index (χ4v) is 4.71. The summed E-state index contributed by atoms with van der Waals surface area (Å²) in [6.45, 7) is -0.615. The number of hydrogen-bond donors (Lipinski definition) is 3. The number of halogens is 1. The molecule has 10 heteroatoms. The molecule has 1 atom stereocenters. The summed E-state index contributed by atoms with van der Waals surface area (Å²) in [4.78, 5) is 51.4. The third-order valence-corrected chi connectivity index (χ3v) is 5.99. The lowest BCUT2D eigenvalue weighted by Gasteiger charge is -2.31. The molecular formula is C19H17FN4O4S. The van der Waals surface area contributed by atoms with Crippen molar-refractivity contribution in [1.82, 2.24) is 15.5 Å². The van der Waals surface area contributed by atoms with Crippen molar-refractivity contribution < 1.29 is 23.6 Å². The van der Waals surface area contributed by atoms with Crippen molar-refractivity contribution >= 4 is 40.9 Å². The second-order valence-electron chi connectivity index (χ2n) is 6.82. The molecule has 0 radical (unpaired) electrons. The van der Waals surface area contributed by atoms with Crippen molar-refractivity contribution in [3.8, 4) is 0 Å². The molecule has 150 valence electrons. The zero-order valence-electron chi connectivity index (χ0n) is 15.2. The monoisotopic (exact) mass is 416 g/mol. The first-order valence-corrected chi connectivity index (χ1v) is 9.85. The van der Waals surface area contributed by atoms with Gasteiger partial charge in [-0.1, -0.05) is 12.1 Å². The predicted octanol–water partition coefficient (Wildman–Crippen LogP) is 2.32. The Hall–Kier alpha value is -3.27. The topological polar surface area (TPSA) is 108 Å². The van der Waals surface area contributed by atoms with E-state index < -0.39 is 41.8 Å². The molecular weight excluding hydrogens is 399 g/mol. The number of aryl methyl sites for hydroxylation is 1. The van der Waals surface area contributed by atoms with Crippen LogP contribution >= 0.6 is 11.3 Å². The van der Waals surface area contributed by atoms with Gasteiger partial charge in [0.15, 0.2) is 0 Å². The van der Waals surface area contributed by atoms with Crippen LogP contribution in [0.3, 0.4) is 0 Å². The van der Waals surface area contributed by atoms with Crippen molar-refractivity contribution in [2.24, 2.45) is 0 Å². The number of para-hydroxylation sites is 1. The van der Waals surface area contributed by atoms with E-state index >= 15 is 0 Å². The molecule has 4 rings (SSSR count). The van der Waals surface area contributed by atoms with Gasteiger partial charge < -0.3 is 10.6 Å². The average molecular weight is 416 g/mol. The number of fused-ring (bicyclic) bond motifs is 2. The van der Waals surface area contributed by atoms with E-state index in [-0.39, 0.29) is 5.69 Å². The summed E-state index contributed by atoms with van der Waals surface area (Å²) in [7, 11) is 0. The number of benzene rings is 1. The van der Waals surface area contributed by atoms with Crippen molar-refractivity contribution in [3.63, 3.8) is 0 Å². The Labute approximate surface area is 169 Å². The molecule has 1 saturated heterocycles. The molecule has 1 fully saturated rings. The van der Waals surface area contributed by atoms with Gasteiger partial charge in [0.2, 0.25) is 5.91 Å². The van der Waals surface area contributed by atoms with E-state index in [1.165, 1.54) is 29.5 Å². The summed E-state index contributed by atoms with van der Waals surface area (Å²) >= 11 is 1.53. The minimum absolute atomic E-state index is 0.0982. The quantitative estimate of drug-likeness (QED) is 0.668. The van der Waals surface area contributed by atoms with E-state index in [4.69, 9.17) is 0 Å². The second kappa shape index (κ2) is 7.28. The van der Waals surface area contributed by atoms with Crippen LogP contribution in [0.25, 0.3) is 0 Å². The van der Waals surface area contributed by atoms with Crippen molar-refractivity contribution in [2.75, 3.05) is 11.9 Å². The molecule has 3 N–H and O–H groups in total. The van der Waals surface area contributed by atoms with E-state index in [0.29, 0.717) is 6.42 Å². The van der Waals surface area contributed by atoms with E-state index in [1.54, 1.807) is 0 Å². The third kappa shape index (κ3) is 3.35. The number of imide groups is 2. The van der Waals surface area contributed by atoms with Crippen LogP contribution in [-0.4, -0.2) is 35.3 Å². The summed E-state index contributed by atoms with van der Waals surface area (Å²) in [5.41, 5.74) is -0.480. The molecule has 6 amide bonds. The standard InChI is InChI=1S/C19H17FN4O4S/c20-12-4-1-2-5-13(12)21-17(27)22-15(25)10-24-16(26)19(23-18(24)28)8-3-6-14-11(19)7-9-29-14/h1-2,4-5,7,9H,3,6,8,10H2,(H,23,28)(H2,21,22,25,27)/t19-/m0/s1. The normalized spacial score (nSPS) is 20.4. The van der Waals surface area contributed by atoms with Crippen LogP contribution in [0, 0.1) is 5.82 Å². The van der Waals surface area contributed by atoms with Crippen molar-refractivity contribution in [2.45, 2.75) is 24.8 Å². The highest BCUT2D eigenvalue weighted by molar-refractivity contribution is 7.10. The Kier molecular flexibility index (Phi) is 4.79. The number of thiophene rings is 1. The van der Waals surface area contributed by atoms with E-state index in [0.717, 1.165) is 34.2 Å². The molecule has 2 aliphatic rings. The largest absolute Gasteiger partial charge is 0.326 e. The fourth-order valence-electron chi connectivity index (χ4n) is 3.71. The number of nitrogens with one attached hydrogen (secondary N) is 3. The van der Waals surface area contributed by atoms with Crippen LogP contribution in [0.2, 0.25) is 0 Å². The molecule has 29 heavy (non-hydrogen) atoms. The average Bonchev–Trinajstić information content (AvgIpc) is 3.24. The maximum atomic E-state index is 13.6. The molecule has 0 bridgehead atoms. The Balaban J connectivity index is 1.43. The predicted molar refractivity (Wildman–Crippen MR) is 103 cm³/mol. The molecule has 0 unspecified atom stereocenters. The summed E-state index contributed by atoms with van der Waals surface area (Å²) in [5.74, 6) is -2.03. The van der Waals surface area contributed by atoms with E-state index in [9.17, 15) is 23.6 Å². The number of hydrogen-bond acceptors (Lipinski definition) is 5. The van der Waals surface area contributed by atoms with Crippen molar-refractivity contribution in [3.05, 3.63) is 52.0 Å². The number of carbonyl (C=O) groups is 4. The maximum Gasteiger partial charge on any atom is 0.326 e. The van der Waals surface area contributed by atoms with Crippen LogP contribution < -0.4 is 16.0 Å². The van der Waals surface area contributed by atoms with Gasteiger partial charge in [-0.25, -0.2) is 14.0 Å². The number of amides is 6. The van der Waals surface area contributed by atoms with Gasteiger partial charge in [-0.05, 0) is 42.8 Å². The lowest BCUT2D eigenvalue weighted by Crippen LogP contribution is -2.47. The summed E-state index contributed by atoms with van der Waals surface area (Å²) in [5, 5.41) is 8.81. The Bertz CT molecular complexity index is 1020. The van der Waals surface area contributed by atoms with Crippen LogP contribution in [0.5, 0.6) is 0 Å².